The van der Waals surface area contributed by atoms with Crippen LogP contribution in [0.3, 0.4) is 0 Å². The van der Waals surface area contributed by atoms with Crippen LogP contribution in [-0.4, -0.2) is 39.8 Å². The van der Waals surface area contributed by atoms with Crippen molar-refractivity contribution in [3.05, 3.63) is 64.1 Å². The van der Waals surface area contributed by atoms with E-state index in [1.807, 2.05) is 6.07 Å². The van der Waals surface area contributed by atoms with Crippen LogP contribution in [0.5, 0.6) is 0 Å². The fraction of sp³-hybridized carbons (Fsp3) is 0.235. The van der Waals surface area contributed by atoms with E-state index in [0.29, 0.717) is 5.56 Å². The van der Waals surface area contributed by atoms with Crippen LogP contribution < -0.4 is 5.32 Å². The Hall–Kier alpha value is -2.00. The van der Waals surface area contributed by atoms with Crippen molar-refractivity contribution < 1.29 is 13.2 Å². The van der Waals surface area contributed by atoms with Gasteiger partial charge in [0.05, 0.1) is 12.7 Å². The van der Waals surface area contributed by atoms with Gasteiger partial charge in [0.15, 0.2) is 10.7 Å². The number of hydrogen-bond acceptors (Lipinski definition) is 3. The van der Waals surface area contributed by atoms with Crippen molar-refractivity contribution in [1.82, 2.24) is 15.2 Å². The molecular weight excluding hydrogens is 429 g/mol. The molecule has 1 fully saturated rings. The van der Waals surface area contributed by atoms with Gasteiger partial charge in [-0.1, -0.05) is 28.1 Å². The highest BCUT2D eigenvalue weighted by Gasteiger charge is 2.55. The molecule has 0 bridgehead atoms. The van der Waals surface area contributed by atoms with Crippen molar-refractivity contribution in [2.24, 2.45) is 4.99 Å². The lowest BCUT2D eigenvalue weighted by Crippen LogP contribution is -2.50. The van der Waals surface area contributed by atoms with Crippen molar-refractivity contribution in [1.29, 1.82) is 0 Å². The first-order chi connectivity index (χ1) is 12.3. The number of thiocarbonyl (C=S) groups is 1. The summed E-state index contributed by atoms with van der Waals surface area (Å²) in [4.78, 5) is 9.15. The number of nitrogens with zero attached hydrogens (tertiary/aromatic N) is 3. The monoisotopic (exact) mass is 440 g/mol. The van der Waals surface area contributed by atoms with Crippen LogP contribution in [0.1, 0.15) is 11.1 Å². The van der Waals surface area contributed by atoms with Crippen LogP contribution in [0.15, 0.2) is 52.2 Å². The summed E-state index contributed by atoms with van der Waals surface area (Å²) in [5.41, 5.74) is -0.449. The molecule has 4 rings (SSSR count). The topological polar surface area (TPSA) is 40.5 Å². The normalized spacial score (nSPS) is 24.1. The lowest BCUT2D eigenvalue weighted by molar-refractivity contribution is -0.00369. The zero-order chi connectivity index (χ0) is 18.5. The second kappa shape index (κ2) is 6.02. The Kier molecular flexibility index (Phi) is 4.03. The van der Waals surface area contributed by atoms with Crippen LogP contribution in [0.2, 0.25) is 0 Å². The Bertz CT molecular complexity index is 936. The number of aliphatic imine (C=N–C) groups is 1. The van der Waals surface area contributed by atoms with Gasteiger partial charge in [-0.3, -0.25) is 14.9 Å². The fourth-order valence-electron chi connectivity index (χ4n) is 3.35. The molecule has 2 aromatic rings. The summed E-state index contributed by atoms with van der Waals surface area (Å²) >= 11 is 8.70. The van der Waals surface area contributed by atoms with Gasteiger partial charge < -0.3 is 5.32 Å². The molecule has 9 heteroatoms. The first kappa shape index (κ1) is 17.4. The van der Waals surface area contributed by atoms with E-state index < -0.39 is 30.4 Å². The molecule has 2 aliphatic heterocycles. The van der Waals surface area contributed by atoms with Gasteiger partial charge in [0, 0.05) is 16.2 Å². The Morgan fingerprint density at radius 3 is 2.81 bits per heavy atom. The zero-order valence-corrected chi connectivity index (χ0v) is 15.6. The van der Waals surface area contributed by atoms with Gasteiger partial charge in [0.25, 0.3) is 5.92 Å². The molecule has 1 aromatic carbocycles. The maximum absolute atomic E-state index is 14.7. The number of fused-ring (bicyclic) bond motifs is 1. The summed E-state index contributed by atoms with van der Waals surface area (Å²) in [5.74, 6) is -3.32. The van der Waals surface area contributed by atoms with Crippen LogP contribution in [-0.2, 0) is 5.54 Å². The summed E-state index contributed by atoms with van der Waals surface area (Å²) < 4.78 is 43.3. The third-order valence-corrected chi connectivity index (χ3v) is 5.23. The molecule has 1 saturated heterocycles. The number of pyridine rings is 1. The third-order valence-electron chi connectivity index (χ3n) is 4.41. The minimum Gasteiger partial charge on any atom is -0.342 e. The van der Waals surface area contributed by atoms with E-state index in [0.717, 1.165) is 10.7 Å². The fourth-order valence-corrected chi connectivity index (χ4v) is 4.05. The summed E-state index contributed by atoms with van der Waals surface area (Å²) in [5, 5.41) is 3.14. The minimum absolute atomic E-state index is 0.0827. The van der Waals surface area contributed by atoms with Gasteiger partial charge >= 0.3 is 0 Å². The number of alkyl halides is 2. The Morgan fingerprint density at radius 2 is 2.08 bits per heavy atom. The number of aromatic nitrogens is 1. The van der Waals surface area contributed by atoms with Crippen molar-refractivity contribution in [2.75, 3.05) is 13.1 Å². The average molecular weight is 441 g/mol. The molecule has 0 radical (unpaired) electrons. The van der Waals surface area contributed by atoms with E-state index in [-0.39, 0.29) is 16.5 Å². The number of halogens is 4. The molecular formula is C17H12BrF3N4S. The Labute approximate surface area is 161 Å². The van der Waals surface area contributed by atoms with Gasteiger partial charge in [0.2, 0.25) is 0 Å². The largest absolute Gasteiger partial charge is 0.342 e. The van der Waals surface area contributed by atoms with Gasteiger partial charge in [-0.25, -0.2) is 13.2 Å². The first-order valence-electron chi connectivity index (χ1n) is 7.72. The minimum atomic E-state index is -3.00. The second-order valence-corrected chi connectivity index (χ2v) is 7.43. The summed E-state index contributed by atoms with van der Waals surface area (Å²) in [6, 6.07) is 8.67. The Morgan fingerprint density at radius 1 is 1.27 bits per heavy atom. The summed E-state index contributed by atoms with van der Waals surface area (Å²) in [6.07, 6.45) is 2.53. The predicted molar refractivity (Wildman–Crippen MR) is 98.8 cm³/mol. The van der Waals surface area contributed by atoms with E-state index in [9.17, 15) is 13.2 Å². The predicted octanol–water partition coefficient (Wildman–Crippen LogP) is 3.46. The molecule has 1 N–H and O–H groups in total. The number of benzene rings is 1. The standard InChI is InChI=1S/C17H12BrF3N4S/c18-11-3-1-2-10(6-11)17(12-4-5-22-7-13(12)19)14-23-8-16(20,21)9-25(14)15(26)24-17/h1-7H,8-9H2,(H,24,26). The highest BCUT2D eigenvalue weighted by atomic mass is 79.9. The molecule has 1 atom stereocenters. The molecule has 134 valence electrons. The molecule has 2 aliphatic rings. The highest BCUT2D eigenvalue weighted by Crippen LogP contribution is 2.41. The third kappa shape index (κ3) is 2.61. The molecule has 0 aliphatic carbocycles. The van der Waals surface area contributed by atoms with E-state index >= 15 is 0 Å². The molecule has 1 aromatic heterocycles. The zero-order valence-electron chi connectivity index (χ0n) is 13.2. The lowest BCUT2D eigenvalue weighted by atomic mass is 9.82. The van der Waals surface area contributed by atoms with E-state index in [1.54, 1.807) is 18.2 Å². The first-order valence-corrected chi connectivity index (χ1v) is 8.92. The Balaban J connectivity index is 2.01. The molecule has 0 amide bonds. The number of hydrogen-bond donors (Lipinski definition) is 1. The number of nitrogens with one attached hydrogen (secondary N) is 1. The smallest absolute Gasteiger partial charge is 0.284 e. The van der Waals surface area contributed by atoms with Crippen molar-refractivity contribution in [3.8, 4) is 0 Å². The maximum Gasteiger partial charge on any atom is 0.284 e. The second-order valence-electron chi connectivity index (χ2n) is 6.13. The van der Waals surface area contributed by atoms with Crippen molar-refractivity contribution >= 4 is 39.1 Å². The molecule has 4 nitrogen and oxygen atoms in total. The highest BCUT2D eigenvalue weighted by molar-refractivity contribution is 9.10. The molecule has 0 spiro atoms. The van der Waals surface area contributed by atoms with Crippen molar-refractivity contribution in [2.45, 2.75) is 11.5 Å². The molecule has 3 heterocycles. The molecule has 1 unspecified atom stereocenters. The van der Waals surface area contributed by atoms with Crippen LogP contribution in [0.25, 0.3) is 0 Å². The van der Waals surface area contributed by atoms with E-state index in [4.69, 9.17) is 12.2 Å². The lowest BCUT2D eigenvalue weighted by Gasteiger charge is -2.35. The van der Waals surface area contributed by atoms with Gasteiger partial charge in [-0.15, -0.1) is 0 Å². The van der Waals surface area contributed by atoms with Gasteiger partial charge in [-0.05, 0) is 36.0 Å². The SMILES string of the molecule is Fc1cnccc1C1(c2cccc(Br)c2)NC(=S)N2CC(F)(F)CN=C21. The van der Waals surface area contributed by atoms with Crippen LogP contribution in [0, 0.1) is 5.82 Å². The van der Waals surface area contributed by atoms with Crippen LogP contribution in [0.4, 0.5) is 13.2 Å². The van der Waals surface area contributed by atoms with Gasteiger partial charge in [-0.2, -0.15) is 0 Å². The number of rotatable bonds is 2. The van der Waals surface area contributed by atoms with E-state index in [2.05, 4.69) is 31.2 Å². The number of amidine groups is 1. The van der Waals surface area contributed by atoms with Crippen molar-refractivity contribution in [3.63, 3.8) is 0 Å². The summed E-state index contributed by atoms with van der Waals surface area (Å²) in [6.45, 7) is -1.27. The molecule has 26 heavy (non-hydrogen) atoms. The summed E-state index contributed by atoms with van der Waals surface area (Å²) in [7, 11) is 0. The van der Waals surface area contributed by atoms with E-state index in [1.165, 1.54) is 17.2 Å². The molecule has 0 saturated carbocycles. The maximum atomic E-state index is 14.7. The average Bonchev–Trinajstić information content (AvgIpc) is 2.87. The van der Waals surface area contributed by atoms with Gasteiger partial charge in [0.1, 0.15) is 18.2 Å². The quantitative estimate of drug-likeness (QED) is 0.725. The van der Waals surface area contributed by atoms with Crippen LogP contribution >= 0.6 is 28.1 Å².